The molecule has 1 saturated carbocycles. The summed E-state index contributed by atoms with van der Waals surface area (Å²) in [6.07, 6.45) is 8.37. The van der Waals surface area contributed by atoms with Crippen LogP contribution < -0.4 is 0 Å². The van der Waals surface area contributed by atoms with Crippen LogP contribution in [0.4, 0.5) is 0 Å². The Bertz CT molecular complexity index is 416. The molecule has 4 nitrogen and oxygen atoms in total. The van der Waals surface area contributed by atoms with Gasteiger partial charge in [0.25, 0.3) is 0 Å². The van der Waals surface area contributed by atoms with Crippen molar-refractivity contribution in [1.29, 1.82) is 0 Å². The normalized spacial score (nSPS) is 31.4. The zero-order chi connectivity index (χ0) is 14.0. The molecule has 0 aliphatic heterocycles. The van der Waals surface area contributed by atoms with Gasteiger partial charge in [-0.2, -0.15) is 0 Å². The number of amides is 1. The number of carboxylic acids is 1. The van der Waals surface area contributed by atoms with Crippen LogP contribution in [0.25, 0.3) is 0 Å². The molecule has 4 unspecified atom stereocenters. The van der Waals surface area contributed by atoms with Crippen molar-refractivity contribution in [2.75, 3.05) is 13.6 Å². The lowest BCUT2D eigenvalue weighted by Gasteiger charge is -2.28. The minimum absolute atomic E-state index is 0.0201. The molecule has 4 atom stereocenters. The maximum Gasteiger partial charge on any atom is 0.307 e. The molecule has 2 bridgehead atoms. The van der Waals surface area contributed by atoms with E-state index in [1.807, 2.05) is 18.2 Å². The van der Waals surface area contributed by atoms with E-state index in [2.05, 4.69) is 6.58 Å². The number of rotatable bonds is 6. The van der Waals surface area contributed by atoms with Gasteiger partial charge in [-0.3, -0.25) is 9.59 Å². The number of hydrogen-bond acceptors (Lipinski definition) is 2. The molecule has 104 valence electrons. The number of hydrogen-bond donors (Lipinski definition) is 1. The third kappa shape index (κ3) is 2.57. The van der Waals surface area contributed by atoms with Crippen molar-refractivity contribution >= 4 is 11.9 Å². The van der Waals surface area contributed by atoms with Crippen molar-refractivity contribution in [1.82, 2.24) is 4.90 Å². The lowest BCUT2D eigenvalue weighted by Crippen LogP contribution is -2.41. The minimum Gasteiger partial charge on any atom is -0.481 e. The first-order valence-electron chi connectivity index (χ1n) is 6.83. The van der Waals surface area contributed by atoms with Crippen molar-refractivity contribution in [2.45, 2.75) is 19.3 Å². The van der Waals surface area contributed by atoms with E-state index >= 15 is 0 Å². The highest BCUT2D eigenvalue weighted by Crippen LogP contribution is 2.48. The molecule has 0 spiro atoms. The minimum atomic E-state index is -0.838. The predicted octanol–water partition coefficient (Wildman–Crippen LogP) is 1.93. The molecule has 1 amide bonds. The molecule has 0 saturated heterocycles. The average molecular weight is 263 g/mol. The van der Waals surface area contributed by atoms with Crippen molar-refractivity contribution < 1.29 is 14.7 Å². The van der Waals surface area contributed by atoms with Gasteiger partial charge in [0.1, 0.15) is 0 Å². The van der Waals surface area contributed by atoms with Crippen LogP contribution >= 0.6 is 0 Å². The first kappa shape index (κ1) is 13.8. The fraction of sp³-hybridized carbons (Fsp3) is 0.600. The van der Waals surface area contributed by atoms with Crippen molar-refractivity contribution in [3.05, 3.63) is 24.8 Å². The van der Waals surface area contributed by atoms with E-state index in [9.17, 15) is 14.7 Å². The van der Waals surface area contributed by atoms with Gasteiger partial charge in [0, 0.05) is 13.6 Å². The highest BCUT2D eigenvalue weighted by Gasteiger charge is 2.52. The Hall–Kier alpha value is -1.58. The molecule has 2 aliphatic rings. The van der Waals surface area contributed by atoms with Gasteiger partial charge in [-0.25, -0.2) is 0 Å². The number of aliphatic carboxylic acids is 1. The third-order valence-electron chi connectivity index (χ3n) is 4.31. The van der Waals surface area contributed by atoms with Gasteiger partial charge < -0.3 is 10.0 Å². The van der Waals surface area contributed by atoms with E-state index < -0.39 is 11.9 Å². The first-order chi connectivity index (χ1) is 9.06. The van der Waals surface area contributed by atoms with Crippen LogP contribution in [0, 0.1) is 23.7 Å². The molecule has 2 rings (SSSR count). The second kappa shape index (κ2) is 5.59. The molecule has 0 aromatic carbocycles. The van der Waals surface area contributed by atoms with E-state index in [-0.39, 0.29) is 23.7 Å². The standard InChI is InChI=1S/C15H21NO3/c1-3-4-5-8-16(2)14(17)12-10-6-7-11(9-10)13(12)15(18)19/h3,6-7,10-13H,1,4-5,8-9H2,2H3,(H,18,19). The number of fused-ring (bicyclic) bond motifs is 2. The SMILES string of the molecule is C=CCCCN(C)C(=O)C1C2C=CC(C2)C1C(=O)O. The number of carbonyl (C=O) groups excluding carboxylic acids is 1. The van der Waals surface area contributed by atoms with Crippen LogP contribution in [0.1, 0.15) is 19.3 Å². The fourth-order valence-corrected chi connectivity index (χ4v) is 3.33. The molecule has 1 N–H and O–H groups in total. The lowest BCUT2D eigenvalue weighted by atomic mass is 9.82. The summed E-state index contributed by atoms with van der Waals surface area (Å²) in [5.74, 6) is -1.62. The van der Waals surface area contributed by atoms with E-state index in [1.54, 1.807) is 11.9 Å². The summed E-state index contributed by atoms with van der Waals surface area (Å²) < 4.78 is 0. The predicted molar refractivity (Wildman–Crippen MR) is 72.4 cm³/mol. The molecular formula is C15H21NO3. The molecule has 0 heterocycles. The Morgan fingerprint density at radius 1 is 1.37 bits per heavy atom. The zero-order valence-electron chi connectivity index (χ0n) is 11.3. The van der Waals surface area contributed by atoms with Gasteiger partial charge >= 0.3 is 5.97 Å². The third-order valence-corrected chi connectivity index (χ3v) is 4.31. The molecule has 0 aromatic heterocycles. The van der Waals surface area contributed by atoms with Gasteiger partial charge in [0.05, 0.1) is 11.8 Å². The summed E-state index contributed by atoms with van der Waals surface area (Å²) in [5, 5.41) is 9.33. The molecule has 0 radical (unpaired) electrons. The van der Waals surface area contributed by atoms with E-state index in [1.165, 1.54) is 0 Å². The van der Waals surface area contributed by atoms with E-state index in [0.717, 1.165) is 19.3 Å². The molecule has 2 aliphatic carbocycles. The number of carboxylic acid groups (broad SMARTS) is 1. The van der Waals surface area contributed by atoms with E-state index in [0.29, 0.717) is 6.54 Å². The van der Waals surface area contributed by atoms with Crippen LogP contribution in [0.5, 0.6) is 0 Å². The Labute approximate surface area is 113 Å². The first-order valence-corrected chi connectivity index (χ1v) is 6.83. The van der Waals surface area contributed by atoms with E-state index in [4.69, 9.17) is 0 Å². The Balaban J connectivity index is 2.03. The monoisotopic (exact) mass is 263 g/mol. The lowest BCUT2D eigenvalue weighted by molar-refractivity contribution is -0.150. The van der Waals surface area contributed by atoms with Crippen molar-refractivity contribution in [2.24, 2.45) is 23.7 Å². The Morgan fingerprint density at radius 2 is 2.00 bits per heavy atom. The largest absolute Gasteiger partial charge is 0.481 e. The maximum atomic E-state index is 12.4. The highest BCUT2D eigenvalue weighted by atomic mass is 16.4. The smallest absolute Gasteiger partial charge is 0.307 e. The summed E-state index contributed by atoms with van der Waals surface area (Å²) in [7, 11) is 1.76. The topological polar surface area (TPSA) is 57.6 Å². The van der Waals surface area contributed by atoms with Crippen LogP contribution in [0.15, 0.2) is 24.8 Å². The summed E-state index contributed by atoms with van der Waals surface area (Å²) in [6.45, 7) is 4.32. The second-order valence-electron chi connectivity index (χ2n) is 5.53. The summed E-state index contributed by atoms with van der Waals surface area (Å²) in [6, 6.07) is 0. The molecule has 0 aromatic rings. The highest BCUT2D eigenvalue weighted by molar-refractivity contribution is 5.86. The molecular weight excluding hydrogens is 242 g/mol. The van der Waals surface area contributed by atoms with Crippen LogP contribution in [0.3, 0.4) is 0 Å². The quantitative estimate of drug-likeness (QED) is 0.588. The second-order valence-corrected chi connectivity index (χ2v) is 5.53. The molecule has 4 heteroatoms. The number of carbonyl (C=O) groups is 2. The average Bonchev–Trinajstić information content (AvgIpc) is 2.97. The van der Waals surface area contributed by atoms with Gasteiger partial charge in [-0.15, -0.1) is 6.58 Å². The molecule has 19 heavy (non-hydrogen) atoms. The summed E-state index contributed by atoms with van der Waals surface area (Å²) in [4.78, 5) is 25.5. The van der Waals surface area contributed by atoms with Gasteiger partial charge in [0.15, 0.2) is 0 Å². The maximum absolute atomic E-state index is 12.4. The van der Waals surface area contributed by atoms with Crippen LogP contribution in [-0.2, 0) is 9.59 Å². The number of nitrogens with zero attached hydrogens (tertiary/aromatic N) is 1. The van der Waals surface area contributed by atoms with Crippen molar-refractivity contribution in [3.63, 3.8) is 0 Å². The Morgan fingerprint density at radius 3 is 2.58 bits per heavy atom. The summed E-state index contributed by atoms with van der Waals surface area (Å²) >= 11 is 0. The molecule has 1 fully saturated rings. The zero-order valence-corrected chi connectivity index (χ0v) is 11.3. The van der Waals surface area contributed by atoms with Gasteiger partial charge in [-0.05, 0) is 31.1 Å². The van der Waals surface area contributed by atoms with Gasteiger partial charge in [0.2, 0.25) is 5.91 Å². The van der Waals surface area contributed by atoms with Crippen LogP contribution in [0.2, 0.25) is 0 Å². The summed E-state index contributed by atoms with van der Waals surface area (Å²) in [5.41, 5.74) is 0. The number of allylic oxidation sites excluding steroid dienone is 3. The van der Waals surface area contributed by atoms with Gasteiger partial charge in [-0.1, -0.05) is 18.2 Å². The van der Waals surface area contributed by atoms with Crippen molar-refractivity contribution in [3.8, 4) is 0 Å². The Kier molecular flexibility index (Phi) is 4.08. The fourth-order valence-electron chi connectivity index (χ4n) is 3.33. The van der Waals surface area contributed by atoms with Crippen LogP contribution in [-0.4, -0.2) is 35.5 Å². The number of unbranched alkanes of at least 4 members (excludes halogenated alkanes) is 1.